The van der Waals surface area contributed by atoms with E-state index in [0.717, 1.165) is 42.6 Å². The van der Waals surface area contributed by atoms with E-state index in [4.69, 9.17) is 18.9 Å². The highest BCUT2D eigenvalue weighted by atomic mass is 19.1. The molecular formula is C37H46FNO6. The second-order valence-electron chi connectivity index (χ2n) is 13.5. The predicted molar refractivity (Wildman–Crippen MR) is 173 cm³/mol. The van der Waals surface area contributed by atoms with Gasteiger partial charge in [-0.1, -0.05) is 36.4 Å². The normalized spacial score (nSPS) is 15.0. The van der Waals surface area contributed by atoms with E-state index in [9.17, 15) is 9.59 Å². The molecule has 1 aliphatic heterocycles. The lowest BCUT2D eigenvalue weighted by Gasteiger charge is -2.20. The number of carbonyl (C=O) groups excluding carboxylic acids is 2. The van der Waals surface area contributed by atoms with Gasteiger partial charge in [0.15, 0.2) is 0 Å². The highest BCUT2D eigenvalue weighted by molar-refractivity contribution is 5.74. The number of amides is 1. The molecule has 1 aliphatic rings. The minimum absolute atomic E-state index is 0.0822. The highest BCUT2D eigenvalue weighted by Crippen LogP contribution is 2.31. The van der Waals surface area contributed by atoms with Gasteiger partial charge in [-0.2, -0.15) is 0 Å². The first-order chi connectivity index (χ1) is 21.3. The zero-order valence-electron chi connectivity index (χ0n) is 27.3. The van der Waals surface area contributed by atoms with E-state index in [1.54, 1.807) is 0 Å². The van der Waals surface area contributed by atoms with Crippen LogP contribution in [-0.4, -0.2) is 36.0 Å². The summed E-state index contributed by atoms with van der Waals surface area (Å²) < 4.78 is 39.0. The second-order valence-corrected chi connectivity index (χ2v) is 13.5. The van der Waals surface area contributed by atoms with Gasteiger partial charge in [0.05, 0.1) is 12.5 Å². The summed E-state index contributed by atoms with van der Waals surface area (Å²) in [6, 6.07) is 18.5. The third-order valence-electron chi connectivity index (χ3n) is 7.16. The molecule has 1 heterocycles. The van der Waals surface area contributed by atoms with Crippen LogP contribution in [0.5, 0.6) is 5.75 Å². The number of rotatable bonds is 11. The van der Waals surface area contributed by atoms with E-state index < -0.39 is 17.3 Å². The summed E-state index contributed by atoms with van der Waals surface area (Å²) in [5.41, 5.74) is 2.91. The van der Waals surface area contributed by atoms with E-state index in [-0.39, 0.29) is 37.5 Å². The fraction of sp³-hybridized carbons (Fsp3) is 0.459. The van der Waals surface area contributed by atoms with Gasteiger partial charge in [-0.15, -0.1) is 0 Å². The number of halogens is 1. The molecule has 1 unspecified atom stereocenters. The maximum absolute atomic E-state index is 16.1. The Labute approximate surface area is 266 Å². The lowest BCUT2D eigenvalue weighted by molar-refractivity contribution is -0.153. The van der Waals surface area contributed by atoms with Crippen LogP contribution < -0.4 is 10.1 Å². The number of nitrogens with one attached hydrogen (secondary N) is 1. The third-order valence-corrected chi connectivity index (χ3v) is 7.16. The summed E-state index contributed by atoms with van der Waals surface area (Å²) in [6.07, 6.45) is 2.98. The first-order valence-electron chi connectivity index (χ1n) is 15.7. The predicted octanol–water partition coefficient (Wildman–Crippen LogP) is 8.09. The second kappa shape index (κ2) is 14.9. The minimum Gasteiger partial charge on any atom is -0.489 e. The zero-order chi connectivity index (χ0) is 32.6. The average Bonchev–Trinajstić information content (AvgIpc) is 3.47. The molecule has 1 amide bonds. The molecule has 0 bridgehead atoms. The van der Waals surface area contributed by atoms with E-state index in [2.05, 4.69) is 5.32 Å². The maximum Gasteiger partial charge on any atom is 0.407 e. The Bertz CT molecular complexity index is 1470. The van der Waals surface area contributed by atoms with E-state index in [1.807, 2.05) is 102 Å². The van der Waals surface area contributed by atoms with Gasteiger partial charge in [0.1, 0.15) is 29.4 Å². The minimum atomic E-state index is -0.603. The summed E-state index contributed by atoms with van der Waals surface area (Å²) in [6.45, 7) is 12.1. The molecule has 7 nitrogen and oxygen atoms in total. The Hall–Kier alpha value is -3.91. The highest BCUT2D eigenvalue weighted by Gasteiger charge is 2.21. The van der Waals surface area contributed by atoms with E-state index >= 15 is 4.39 Å². The summed E-state index contributed by atoms with van der Waals surface area (Å²) in [5, 5.41) is 2.77. The standard InChI is InChI=1S/C37H46FNO6/c1-36(2,3)44-33(40)22-28-12-7-8-15-32(28)43-24-26-20-29(16-17-30-14-10-18-42-30)34(38)31(21-26)27-13-9-11-25(19-27)23-39-35(41)45-37(4,5)6/h7-9,11-13,15,19-21,30H,10,14,16-18,22-24H2,1-6H3,(H,39,41). The maximum atomic E-state index is 16.1. The van der Waals surface area contributed by atoms with Crippen LogP contribution in [0, 0.1) is 5.82 Å². The number of aryl methyl sites for hydroxylation is 1. The van der Waals surface area contributed by atoms with Gasteiger partial charge in [0.2, 0.25) is 0 Å². The van der Waals surface area contributed by atoms with Gasteiger partial charge in [-0.05, 0) is 114 Å². The number of ether oxygens (including phenoxy) is 4. The molecule has 0 saturated carbocycles. The van der Waals surface area contributed by atoms with Crippen molar-refractivity contribution in [2.24, 2.45) is 0 Å². The molecule has 3 aromatic carbocycles. The Morgan fingerprint density at radius 1 is 0.911 bits per heavy atom. The van der Waals surface area contributed by atoms with Crippen LogP contribution >= 0.6 is 0 Å². The monoisotopic (exact) mass is 619 g/mol. The molecule has 1 atom stereocenters. The van der Waals surface area contributed by atoms with Crippen molar-refractivity contribution in [3.05, 3.63) is 88.7 Å². The van der Waals surface area contributed by atoms with Crippen LogP contribution in [-0.2, 0) is 45.0 Å². The van der Waals surface area contributed by atoms with Crippen LogP contribution in [0.2, 0.25) is 0 Å². The van der Waals surface area contributed by atoms with Gasteiger partial charge in [0.25, 0.3) is 0 Å². The molecule has 3 aromatic rings. The van der Waals surface area contributed by atoms with Crippen molar-refractivity contribution < 1.29 is 32.9 Å². The summed E-state index contributed by atoms with van der Waals surface area (Å²) in [7, 11) is 0. The molecule has 1 saturated heterocycles. The molecule has 0 aromatic heterocycles. The van der Waals surface area contributed by atoms with Crippen LogP contribution in [0.3, 0.4) is 0 Å². The molecule has 1 fully saturated rings. The molecule has 45 heavy (non-hydrogen) atoms. The van der Waals surface area contributed by atoms with Crippen molar-refractivity contribution in [1.82, 2.24) is 5.32 Å². The largest absolute Gasteiger partial charge is 0.489 e. The van der Waals surface area contributed by atoms with Gasteiger partial charge in [-0.3, -0.25) is 4.79 Å². The number of benzene rings is 3. The fourth-order valence-electron chi connectivity index (χ4n) is 5.24. The van der Waals surface area contributed by atoms with Crippen molar-refractivity contribution in [2.75, 3.05) is 6.61 Å². The van der Waals surface area contributed by atoms with Crippen LogP contribution in [0.25, 0.3) is 11.1 Å². The molecule has 4 rings (SSSR count). The number of para-hydroxylation sites is 1. The summed E-state index contributed by atoms with van der Waals surface area (Å²) in [4.78, 5) is 24.7. The molecule has 242 valence electrons. The van der Waals surface area contributed by atoms with Crippen molar-refractivity contribution >= 4 is 12.1 Å². The van der Waals surface area contributed by atoms with Crippen LogP contribution in [0.15, 0.2) is 60.7 Å². The molecule has 0 spiro atoms. The zero-order valence-corrected chi connectivity index (χ0v) is 27.3. The number of hydrogen-bond donors (Lipinski definition) is 1. The van der Waals surface area contributed by atoms with Gasteiger partial charge < -0.3 is 24.3 Å². The van der Waals surface area contributed by atoms with Crippen LogP contribution in [0.1, 0.15) is 83.1 Å². The van der Waals surface area contributed by atoms with Crippen molar-refractivity contribution in [1.29, 1.82) is 0 Å². The number of carbonyl (C=O) groups is 2. The molecule has 0 aliphatic carbocycles. The summed E-state index contributed by atoms with van der Waals surface area (Å²) in [5.74, 6) is -0.0373. The number of hydrogen-bond acceptors (Lipinski definition) is 6. The van der Waals surface area contributed by atoms with Crippen molar-refractivity contribution in [2.45, 2.75) is 104 Å². The van der Waals surface area contributed by atoms with Gasteiger partial charge in [-0.25, -0.2) is 9.18 Å². The fourth-order valence-corrected chi connectivity index (χ4v) is 5.24. The Kier molecular flexibility index (Phi) is 11.3. The Balaban J connectivity index is 1.57. The first kappa shape index (κ1) is 34.0. The molecule has 8 heteroatoms. The molecule has 0 radical (unpaired) electrons. The van der Waals surface area contributed by atoms with Crippen LogP contribution in [0.4, 0.5) is 9.18 Å². The lowest BCUT2D eigenvalue weighted by Crippen LogP contribution is -2.32. The topological polar surface area (TPSA) is 83.1 Å². The van der Waals surface area contributed by atoms with Crippen molar-refractivity contribution in [3.8, 4) is 16.9 Å². The average molecular weight is 620 g/mol. The van der Waals surface area contributed by atoms with E-state index in [1.165, 1.54) is 0 Å². The Morgan fingerprint density at radius 2 is 1.67 bits per heavy atom. The number of esters is 1. The third kappa shape index (κ3) is 10.9. The summed E-state index contributed by atoms with van der Waals surface area (Å²) >= 11 is 0. The van der Waals surface area contributed by atoms with Gasteiger partial charge >= 0.3 is 12.1 Å². The lowest BCUT2D eigenvalue weighted by atomic mass is 9.95. The quantitative estimate of drug-likeness (QED) is 0.219. The van der Waals surface area contributed by atoms with Gasteiger partial charge in [0, 0.05) is 24.3 Å². The molecule has 1 N–H and O–H groups in total. The van der Waals surface area contributed by atoms with Crippen molar-refractivity contribution in [3.63, 3.8) is 0 Å². The first-order valence-corrected chi connectivity index (χ1v) is 15.7. The molecular weight excluding hydrogens is 573 g/mol. The smallest absolute Gasteiger partial charge is 0.407 e. The Morgan fingerprint density at radius 3 is 2.38 bits per heavy atom. The SMILES string of the molecule is CC(C)(C)OC(=O)Cc1ccccc1OCc1cc(CCC2CCCO2)c(F)c(-c2cccc(CNC(=O)OC(C)(C)C)c2)c1. The van der Waals surface area contributed by atoms with E-state index in [0.29, 0.717) is 28.9 Å². The number of alkyl carbamates (subject to hydrolysis) is 1.